The van der Waals surface area contributed by atoms with E-state index in [9.17, 15) is 0 Å². The molecule has 0 fully saturated rings. The lowest BCUT2D eigenvalue weighted by molar-refractivity contribution is 0.226. The van der Waals surface area contributed by atoms with Crippen molar-refractivity contribution in [3.63, 3.8) is 0 Å². The Morgan fingerprint density at radius 3 is 3.20 bits per heavy atom. The Hall–Kier alpha value is -2.01. The Morgan fingerprint density at radius 2 is 2.40 bits per heavy atom. The molecule has 2 aromatic rings. The van der Waals surface area contributed by atoms with Crippen LogP contribution in [0.1, 0.15) is 5.56 Å². The van der Waals surface area contributed by atoms with Gasteiger partial charge in [0.25, 0.3) is 0 Å². The van der Waals surface area contributed by atoms with Crippen molar-refractivity contribution in [2.24, 2.45) is 0 Å². The van der Waals surface area contributed by atoms with Crippen molar-refractivity contribution in [3.05, 3.63) is 42.2 Å². The zero-order valence-electron chi connectivity index (χ0n) is 11.6. The largest absolute Gasteiger partial charge is 0.493 e. The Labute approximate surface area is 118 Å². The lowest BCUT2D eigenvalue weighted by atomic mass is 10.0. The van der Waals surface area contributed by atoms with Gasteiger partial charge in [-0.15, -0.1) is 0 Å². The molecule has 0 spiro atoms. The third kappa shape index (κ3) is 2.77. The van der Waals surface area contributed by atoms with E-state index in [1.54, 1.807) is 13.3 Å². The molecule has 1 aromatic heterocycles. The van der Waals surface area contributed by atoms with Crippen LogP contribution >= 0.6 is 0 Å². The van der Waals surface area contributed by atoms with E-state index in [1.165, 1.54) is 5.56 Å². The van der Waals surface area contributed by atoms with Gasteiger partial charge in [-0.1, -0.05) is 12.1 Å². The molecule has 0 saturated carbocycles. The lowest BCUT2D eigenvalue weighted by Gasteiger charge is -2.27. The standard InChI is InChI=1S/C15H19N3O2/c1-19-14-5-2-4-12-10-13(11-20-15(12)14)16-7-9-18-8-3-6-17-18/h2-6,8,13,16H,7,9-11H2,1H3. The average Bonchev–Trinajstić information content (AvgIpc) is 2.99. The highest BCUT2D eigenvalue weighted by atomic mass is 16.5. The van der Waals surface area contributed by atoms with Crippen LogP contribution in [0.15, 0.2) is 36.7 Å². The summed E-state index contributed by atoms with van der Waals surface area (Å²) in [6.45, 7) is 2.43. The second-order valence-electron chi connectivity index (χ2n) is 4.88. The SMILES string of the molecule is COc1cccc2c1OCC(NCCn1cccn1)C2. The van der Waals surface area contributed by atoms with Crippen LogP contribution in [0.25, 0.3) is 0 Å². The van der Waals surface area contributed by atoms with Gasteiger partial charge in [-0.3, -0.25) is 4.68 Å². The fourth-order valence-corrected chi connectivity index (χ4v) is 2.50. The number of hydrogen-bond acceptors (Lipinski definition) is 4. The predicted molar refractivity (Wildman–Crippen MR) is 76.2 cm³/mol. The zero-order chi connectivity index (χ0) is 13.8. The number of para-hydroxylation sites is 1. The molecule has 106 valence electrons. The summed E-state index contributed by atoms with van der Waals surface area (Å²) in [4.78, 5) is 0. The molecular formula is C15H19N3O2. The molecule has 5 nitrogen and oxygen atoms in total. The molecule has 0 aliphatic carbocycles. The van der Waals surface area contributed by atoms with Gasteiger partial charge in [-0.25, -0.2) is 0 Å². The molecule has 0 radical (unpaired) electrons. The van der Waals surface area contributed by atoms with Crippen LogP contribution in [0.4, 0.5) is 0 Å². The average molecular weight is 273 g/mol. The minimum Gasteiger partial charge on any atom is -0.493 e. The van der Waals surface area contributed by atoms with Crippen molar-refractivity contribution in [2.75, 3.05) is 20.3 Å². The number of fused-ring (bicyclic) bond motifs is 1. The van der Waals surface area contributed by atoms with Gasteiger partial charge < -0.3 is 14.8 Å². The van der Waals surface area contributed by atoms with E-state index in [0.717, 1.165) is 31.0 Å². The van der Waals surface area contributed by atoms with E-state index >= 15 is 0 Å². The van der Waals surface area contributed by atoms with Gasteiger partial charge in [0.05, 0.1) is 13.7 Å². The second kappa shape index (κ2) is 5.96. The molecule has 1 atom stereocenters. The maximum Gasteiger partial charge on any atom is 0.164 e. The molecule has 1 aliphatic heterocycles. The molecule has 2 heterocycles. The van der Waals surface area contributed by atoms with Crippen LogP contribution < -0.4 is 14.8 Å². The highest BCUT2D eigenvalue weighted by Gasteiger charge is 2.21. The molecule has 1 N–H and O–H groups in total. The first kappa shape index (κ1) is 13.0. The third-order valence-corrected chi connectivity index (χ3v) is 3.51. The van der Waals surface area contributed by atoms with Crippen molar-refractivity contribution in [1.82, 2.24) is 15.1 Å². The van der Waals surface area contributed by atoms with Crippen LogP contribution in [0, 0.1) is 0 Å². The van der Waals surface area contributed by atoms with E-state index in [2.05, 4.69) is 16.5 Å². The first-order valence-corrected chi connectivity index (χ1v) is 6.86. The molecular weight excluding hydrogens is 254 g/mol. The van der Waals surface area contributed by atoms with Gasteiger partial charge in [0, 0.05) is 25.0 Å². The number of hydrogen-bond donors (Lipinski definition) is 1. The number of nitrogens with zero attached hydrogens (tertiary/aromatic N) is 2. The summed E-state index contributed by atoms with van der Waals surface area (Å²) >= 11 is 0. The van der Waals surface area contributed by atoms with Crippen molar-refractivity contribution in [1.29, 1.82) is 0 Å². The Bertz CT molecular complexity index is 554. The summed E-state index contributed by atoms with van der Waals surface area (Å²) in [7, 11) is 1.67. The minimum atomic E-state index is 0.338. The number of methoxy groups -OCH3 is 1. The highest BCUT2D eigenvalue weighted by Crippen LogP contribution is 2.34. The summed E-state index contributed by atoms with van der Waals surface area (Å²) in [5.74, 6) is 1.71. The van der Waals surface area contributed by atoms with Crippen LogP contribution in [0.5, 0.6) is 11.5 Å². The first-order valence-electron chi connectivity index (χ1n) is 6.86. The molecule has 1 aromatic carbocycles. The Kier molecular flexibility index (Phi) is 3.87. The molecule has 0 bridgehead atoms. The van der Waals surface area contributed by atoms with Crippen LogP contribution in [-0.2, 0) is 13.0 Å². The summed E-state index contributed by atoms with van der Waals surface area (Å²) in [5.41, 5.74) is 1.20. The van der Waals surface area contributed by atoms with Crippen molar-refractivity contribution in [3.8, 4) is 11.5 Å². The van der Waals surface area contributed by atoms with E-state index in [1.807, 2.05) is 29.1 Å². The molecule has 20 heavy (non-hydrogen) atoms. The monoisotopic (exact) mass is 273 g/mol. The molecule has 0 saturated heterocycles. The normalized spacial score (nSPS) is 17.4. The van der Waals surface area contributed by atoms with Gasteiger partial charge in [0.15, 0.2) is 11.5 Å². The smallest absolute Gasteiger partial charge is 0.164 e. The second-order valence-corrected chi connectivity index (χ2v) is 4.88. The molecule has 3 rings (SSSR count). The summed E-state index contributed by atoms with van der Waals surface area (Å²) in [5, 5.41) is 7.70. The van der Waals surface area contributed by atoms with Gasteiger partial charge in [-0.2, -0.15) is 5.10 Å². The highest BCUT2D eigenvalue weighted by molar-refractivity contribution is 5.48. The zero-order valence-corrected chi connectivity index (χ0v) is 11.6. The number of rotatable bonds is 5. The minimum absolute atomic E-state index is 0.338. The number of ether oxygens (including phenoxy) is 2. The number of nitrogens with one attached hydrogen (secondary N) is 1. The summed E-state index contributed by atoms with van der Waals surface area (Å²) < 4.78 is 13.1. The summed E-state index contributed by atoms with van der Waals surface area (Å²) in [6.07, 6.45) is 4.73. The van der Waals surface area contributed by atoms with Crippen LogP contribution in [-0.4, -0.2) is 36.1 Å². The van der Waals surface area contributed by atoms with E-state index in [0.29, 0.717) is 12.6 Å². The molecule has 0 amide bonds. The number of benzene rings is 1. The maximum absolute atomic E-state index is 5.84. The molecule has 5 heteroatoms. The quantitative estimate of drug-likeness (QED) is 0.896. The summed E-state index contributed by atoms with van der Waals surface area (Å²) in [6, 6.07) is 8.31. The van der Waals surface area contributed by atoms with Gasteiger partial charge in [0.1, 0.15) is 6.61 Å². The fraction of sp³-hybridized carbons (Fsp3) is 0.400. The maximum atomic E-state index is 5.84. The van der Waals surface area contributed by atoms with Crippen molar-refractivity contribution in [2.45, 2.75) is 19.0 Å². The van der Waals surface area contributed by atoms with Gasteiger partial charge in [-0.05, 0) is 24.1 Å². The fourth-order valence-electron chi connectivity index (χ4n) is 2.50. The van der Waals surface area contributed by atoms with Crippen LogP contribution in [0.3, 0.4) is 0 Å². The van der Waals surface area contributed by atoms with Crippen molar-refractivity contribution < 1.29 is 9.47 Å². The molecule has 1 unspecified atom stereocenters. The van der Waals surface area contributed by atoms with E-state index in [-0.39, 0.29) is 0 Å². The lowest BCUT2D eigenvalue weighted by Crippen LogP contribution is -2.40. The predicted octanol–water partition coefficient (Wildman–Crippen LogP) is 1.49. The van der Waals surface area contributed by atoms with Crippen LogP contribution in [0.2, 0.25) is 0 Å². The first-order chi connectivity index (χ1) is 9.86. The van der Waals surface area contributed by atoms with Gasteiger partial charge >= 0.3 is 0 Å². The Balaban J connectivity index is 1.56. The van der Waals surface area contributed by atoms with E-state index in [4.69, 9.17) is 9.47 Å². The molecule has 1 aliphatic rings. The number of aromatic nitrogens is 2. The van der Waals surface area contributed by atoms with Crippen molar-refractivity contribution >= 4 is 0 Å². The van der Waals surface area contributed by atoms with Gasteiger partial charge in [0.2, 0.25) is 0 Å². The third-order valence-electron chi connectivity index (χ3n) is 3.51. The Morgan fingerprint density at radius 1 is 1.45 bits per heavy atom. The topological polar surface area (TPSA) is 48.3 Å². The van der Waals surface area contributed by atoms with E-state index < -0.39 is 0 Å².